The fourth-order valence-corrected chi connectivity index (χ4v) is 3.93. The molecular weight excluding hydrogens is 352 g/mol. The Kier molecular flexibility index (Phi) is 7.90. The zero-order chi connectivity index (χ0) is 19.9. The molecule has 2 atom stereocenters. The lowest BCUT2D eigenvalue weighted by Gasteiger charge is -2.34. The number of rotatable bonds is 9. The van der Waals surface area contributed by atoms with Gasteiger partial charge in [0.05, 0.1) is 11.5 Å². The van der Waals surface area contributed by atoms with Crippen LogP contribution in [0.2, 0.25) is 5.02 Å². The van der Waals surface area contributed by atoms with Crippen molar-refractivity contribution in [2.45, 2.75) is 51.5 Å². The summed E-state index contributed by atoms with van der Waals surface area (Å²) in [6.45, 7) is 7.51. The predicted molar refractivity (Wildman–Crippen MR) is 115 cm³/mol. The van der Waals surface area contributed by atoms with Crippen molar-refractivity contribution in [2.24, 2.45) is 5.92 Å². The molecule has 0 aliphatic carbocycles. The van der Waals surface area contributed by atoms with Gasteiger partial charge in [-0.3, -0.25) is 0 Å². The number of halogens is 1. The largest absolute Gasteiger partial charge is 0.303 e. The summed E-state index contributed by atoms with van der Waals surface area (Å²) >= 11 is 6.47. The van der Waals surface area contributed by atoms with Crippen LogP contribution < -0.4 is 0 Å². The molecule has 0 heterocycles. The predicted octanol–water partition coefficient (Wildman–Crippen LogP) is 6.10. The molecule has 3 heteroatoms. The molecule has 0 bridgehead atoms. The van der Waals surface area contributed by atoms with E-state index in [4.69, 9.17) is 11.6 Å². The molecule has 0 aliphatic rings. The van der Waals surface area contributed by atoms with Gasteiger partial charge in [-0.25, -0.2) is 0 Å². The van der Waals surface area contributed by atoms with Crippen molar-refractivity contribution in [3.63, 3.8) is 0 Å². The van der Waals surface area contributed by atoms with Crippen molar-refractivity contribution in [2.75, 3.05) is 13.6 Å². The Bertz CT molecular complexity index is 750. The van der Waals surface area contributed by atoms with E-state index in [1.807, 2.05) is 24.3 Å². The second-order valence-electron chi connectivity index (χ2n) is 7.82. The van der Waals surface area contributed by atoms with E-state index >= 15 is 0 Å². The van der Waals surface area contributed by atoms with E-state index in [0.717, 1.165) is 31.4 Å². The fraction of sp³-hybridized carbons (Fsp3) is 0.458. The van der Waals surface area contributed by atoms with Crippen molar-refractivity contribution in [3.05, 3.63) is 70.7 Å². The highest BCUT2D eigenvalue weighted by Gasteiger charge is 2.37. The molecule has 144 valence electrons. The molecule has 0 spiro atoms. The van der Waals surface area contributed by atoms with Gasteiger partial charge >= 0.3 is 0 Å². The first-order chi connectivity index (χ1) is 12.9. The fourth-order valence-electron chi connectivity index (χ4n) is 3.63. The van der Waals surface area contributed by atoms with E-state index < -0.39 is 5.41 Å². The average molecular weight is 383 g/mol. The van der Waals surface area contributed by atoms with E-state index in [9.17, 15) is 5.26 Å². The van der Waals surface area contributed by atoms with Gasteiger partial charge < -0.3 is 4.90 Å². The summed E-state index contributed by atoms with van der Waals surface area (Å²) in [7, 11) is 2.17. The van der Waals surface area contributed by atoms with Gasteiger partial charge in [-0.05, 0) is 56.3 Å². The molecule has 0 saturated heterocycles. The van der Waals surface area contributed by atoms with Gasteiger partial charge in [0.25, 0.3) is 0 Å². The van der Waals surface area contributed by atoms with Gasteiger partial charge in [0.2, 0.25) is 0 Å². The normalized spacial score (nSPS) is 14.7. The first-order valence-corrected chi connectivity index (χ1v) is 10.2. The SMILES string of the molecule is CC(CCC(C#N)(c1ccccc1Cl)C(C)C)N(C)CCc1ccccc1. The molecule has 2 unspecified atom stereocenters. The minimum atomic E-state index is -0.549. The van der Waals surface area contributed by atoms with Gasteiger partial charge in [-0.15, -0.1) is 0 Å². The summed E-state index contributed by atoms with van der Waals surface area (Å²) < 4.78 is 0. The molecular formula is C24H31ClN2. The molecule has 0 fully saturated rings. The zero-order valence-corrected chi connectivity index (χ0v) is 17.7. The van der Waals surface area contributed by atoms with Crippen LogP contribution in [0.1, 0.15) is 44.7 Å². The van der Waals surface area contributed by atoms with Gasteiger partial charge in [0.1, 0.15) is 0 Å². The quantitative estimate of drug-likeness (QED) is 0.523. The van der Waals surface area contributed by atoms with Crippen molar-refractivity contribution in [1.29, 1.82) is 5.26 Å². The first-order valence-electron chi connectivity index (χ1n) is 9.81. The minimum Gasteiger partial charge on any atom is -0.303 e. The van der Waals surface area contributed by atoms with Gasteiger partial charge in [0.15, 0.2) is 0 Å². The number of hydrogen-bond donors (Lipinski definition) is 0. The van der Waals surface area contributed by atoms with Crippen LogP contribution in [0, 0.1) is 17.2 Å². The molecule has 2 rings (SSSR count). The highest BCUT2D eigenvalue weighted by Crippen LogP contribution is 2.40. The van der Waals surface area contributed by atoms with Gasteiger partial charge in [-0.2, -0.15) is 5.26 Å². The Morgan fingerprint density at radius 1 is 1.04 bits per heavy atom. The number of likely N-dealkylation sites (N-methyl/N-ethyl adjacent to an activating group) is 1. The lowest BCUT2D eigenvalue weighted by Crippen LogP contribution is -2.36. The molecule has 2 aromatic rings. The van der Waals surface area contributed by atoms with E-state index in [1.165, 1.54) is 5.56 Å². The summed E-state index contributed by atoms with van der Waals surface area (Å²) in [5, 5.41) is 10.8. The Labute approximate surface area is 169 Å². The zero-order valence-electron chi connectivity index (χ0n) is 17.0. The van der Waals surface area contributed by atoms with Crippen molar-refractivity contribution in [1.82, 2.24) is 4.90 Å². The maximum Gasteiger partial charge on any atom is 0.0860 e. The molecule has 0 radical (unpaired) electrons. The van der Waals surface area contributed by atoms with E-state index in [1.54, 1.807) is 0 Å². The molecule has 0 saturated carbocycles. The summed E-state index contributed by atoms with van der Waals surface area (Å²) in [4.78, 5) is 2.39. The van der Waals surface area contributed by atoms with Gasteiger partial charge in [0, 0.05) is 17.6 Å². The third-order valence-electron chi connectivity index (χ3n) is 5.84. The topological polar surface area (TPSA) is 27.0 Å². The summed E-state index contributed by atoms with van der Waals surface area (Å²) in [6, 6.07) is 21.4. The lowest BCUT2D eigenvalue weighted by molar-refractivity contribution is 0.225. The smallest absolute Gasteiger partial charge is 0.0860 e. The van der Waals surface area contributed by atoms with Crippen LogP contribution in [-0.4, -0.2) is 24.5 Å². The van der Waals surface area contributed by atoms with Gasteiger partial charge in [-0.1, -0.05) is 74.0 Å². The number of hydrogen-bond acceptors (Lipinski definition) is 2. The van der Waals surface area contributed by atoms with Crippen LogP contribution in [0.15, 0.2) is 54.6 Å². The Morgan fingerprint density at radius 2 is 1.67 bits per heavy atom. The maximum absolute atomic E-state index is 10.1. The number of nitrogens with zero attached hydrogens (tertiary/aromatic N) is 2. The van der Waals surface area contributed by atoms with Crippen LogP contribution in [0.5, 0.6) is 0 Å². The Balaban J connectivity index is 2.04. The second-order valence-corrected chi connectivity index (χ2v) is 8.23. The van der Waals surface area contributed by atoms with Crippen LogP contribution >= 0.6 is 11.6 Å². The number of benzene rings is 2. The summed E-state index contributed by atoms with van der Waals surface area (Å²) in [6.07, 6.45) is 2.81. The average Bonchev–Trinajstić information content (AvgIpc) is 2.68. The summed E-state index contributed by atoms with van der Waals surface area (Å²) in [5.74, 6) is 0.198. The van der Waals surface area contributed by atoms with Crippen LogP contribution in [-0.2, 0) is 11.8 Å². The molecule has 0 aliphatic heterocycles. The Morgan fingerprint density at radius 3 is 2.26 bits per heavy atom. The Hall–Kier alpha value is -1.82. The van der Waals surface area contributed by atoms with Crippen molar-refractivity contribution >= 4 is 11.6 Å². The standard InChI is InChI=1S/C24H31ClN2/c1-19(2)24(18-26,22-12-8-9-13-23(22)25)16-14-20(3)27(4)17-15-21-10-6-5-7-11-21/h5-13,19-20H,14-17H2,1-4H3. The van der Waals surface area contributed by atoms with Crippen molar-refractivity contribution in [3.8, 4) is 6.07 Å². The lowest BCUT2D eigenvalue weighted by atomic mass is 9.69. The highest BCUT2D eigenvalue weighted by molar-refractivity contribution is 6.31. The molecule has 2 nitrogen and oxygen atoms in total. The highest BCUT2D eigenvalue weighted by atomic mass is 35.5. The monoisotopic (exact) mass is 382 g/mol. The van der Waals surface area contributed by atoms with E-state index in [0.29, 0.717) is 11.1 Å². The van der Waals surface area contributed by atoms with Crippen molar-refractivity contribution < 1.29 is 0 Å². The third kappa shape index (κ3) is 5.34. The molecule has 0 amide bonds. The summed E-state index contributed by atoms with van der Waals surface area (Å²) in [5.41, 5.74) is 1.77. The molecule has 27 heavy (non-hydrogen) atoms. The van der Waals surface area contributed by atoms with E-state index in [2.05, 4.69) is 69.1 Å². The second kappa shape index (κ2) is 9.93. The number of nitriles is 1. The minimum absolute atomic E-state index is 0.198. The molecule has 0 N–H and O–H groups in total. The van der Waals surface area contributed by atoms with Crippen LogP contribution in [0.4, 0.5) is 0 Å². The van der Waals surface area contributed by atoms with Crippen LogP contribution in [0.3, 0.4) is 0 Å². The third-order valence-corrected chi connectivity index (χ3v) is 6.17. The first kappa shape index (κ1) is 21.5. The maximum atomic E-state index is 10.1. The molecule has 2 aromatic carbocycles. The van der Waals surface area contributed by atoms with Crippen LogP contribution in [0.25, 0.3) is 0 Å². The molecule has 0 aromatic heterocycles. The van der Waals surface area contributed by atoms with E-state index in [-0.39, 0.29) is 5.92 Å².